The zero-order valence-corrected chi connectivity index (χ0v) is 17.7. The number of nitrogens with zero attached hydrogens (tertiary/aromatic N) is 1. The van der Waals surface area contributed by atoms with E-state index in [9.17, 15) is 4.79 Å². The first-order valence-electron chi connectivity index (χ1n) is 9.77. The summed E-state index contributed by atoms with van der Waals surface area (Å²) >= 11 is 3.47. The zero-order valence-electron chi connectivity index (χ0n) is 16.1. The lowest BCUT2D eigenvalue weighted by atomic mass is 10.1. The normalized spacial score (nSPS) is 15.1. The molecule has 3 heteroatoms. The fraction of sp³-hybridized carbons (Fsp3) is 0. The maximum atomic E-state index is 13.6. The van der Waals surface area contributed by atoms with Crippen LogP contribution < -0.4 is 4.90 Å². The monoisotopic (exact) mass is 451 g/mol. The number of carbonyl (C=O) groups excluding carboxylic acids is 1. The van der Waals surface area contributed by atoms with Gasteiger partial charge in [0.15, 0.2) is 0 Å². The van der Waals surface area contributed by atoms with Gasteiger partial charge in [-0.1, -0.05) is 94.8 Å². The fourth-order valence-corrected chi connectivity index (χ4v) is 4.08. The van der Waals surface area contributed by atoms with Gasteiger partial charge in [-0.25, -0.2) is 0 Å². The van der Waals surface area contributed by atoms with Crippen LogP contribution in [0.3, 0.4) is 0 Å². The number of anilines is 1. The van der Waals surface area contributed by atoms with Gasteiger partial charge in [0.05, 0.1) is 11.4 Å². The minimum Gasteiger partial charge on any atom is -0.276 e. The quantitative estimate of drug-likeness (QED) is 0.305. The average Bonchev–Trinajstić information content (AvgIpc) is 3.11. The van der Waals surface area contributed by atoms with Gasteiger partial charge in [-0.3, -0.25) is 9.69 Å². The van der Waals surface area contributed by atoms with Gasteiger partial charge in [-0.2, -0.15) is 0 Å². The molecule has 0 unspecified atom stereocenters. The van der Waals surface area contributed by atoms with Crippen molar-refractivity contribution < 1.29 is 4.79 Å². The molecule has 0 saturated carbocycles. The van der Waals surface area contributed by atoms with Gasteiger partial charge in [-0.15, -0.1) is 0 Å². The van der Waals surface area contributed by atoms with Crippen LogP contribution in [-0.4, -0.2) is 5.91 Å². The maximum absolute atomic E-state index is 13.6. The number of halogens is 1. The van der Waals surface area contributed by atoms with Crippen molar-refractivity contribution in [1.29, 1.82) is 0 Å². The lowest BCUT2D eigenvalue weighted by molar-refractivity contribution is -0.113. The summed E-state index contributed by atoms with van der Waals surface area (Å²) in [5.41, 5.74) is 4.46. The van der Waals surface area contributed by atoms with E-state index in [4.69, 9.17) is 0 Å². The van der Waals surface area contributed by atoms with Gasteiger partial charge in [-0.05, 0) is 46.9 Å². The van der Waals surface area contributed by atoms with Crippen LogP contribution in [0.5, 0.6) is 0 Å². The highest BCUT2D eigenvalue weighted by molar-refractivity contribution is 9.10. The molecule has 5 rings (SSSR count). The second-order valence-electron chi connectivity index (χ2n) is 7.19. The Bertz CT molecular complexity index is 1300. The molecule has 0 saturated heterocycles. The fourth-order valence-electron chi connectivity index (χ4n) is 3.82. The third-order valence-corrected chi connectivity index (χ3v) is 5.78. The van der Waals surface area contributed by atoms with Gasteiger partial charge >= 0.3 is 0 Å². The number of fused-ring (bicyclic) bond motifs is 1. The molecular formula is C27H18BrNO. The first-order valence-corrected chi connectivity index (χ1v) is 10.6. The van der Waals surface area contributed by atoms with Crippen LogP contribution in [0.1, 0.15) is 11.1 Å². The minimum absolute atomic E-state index is 0.0203. The van der Waals surface area contributed by atoms with E-state index in [0.717, 1.165) is 37.8 Å². The molecule has 1 aliphatic rings. The Kier molecular flexibility index (Phi) is 4.82. The Morgan fingerprint density at radius 1 is 0.733 bits per heavy atom. The summed E-state index contributed by atoms with van der Waals surface area (Å²) < 4.78 is 1.01. The largest absolute Gasteiger partial charge is 0.276 e. The molecule has 30 heavy (non-hydrogen) atoms. The Morgan fingerprint density at radius 2 is 1.43 bits per heavy atom. The number of rotatable bonds is 3. The van der Waals surface area contributed by atoms with Crippen LogP contribution >= 0.6 is 15.9 Å². The molecular weight excluding hydrogens is 434 g/mol. The minimum atomic E-state index is -0.0203. The van der Waals surface area contributed by atoms with Crippen molar-refractivity contribution >= 4 is 50.1 Å². The standard InChI is InChI=1S/C27H18BrNO/c28-23-15-13-19(14-16-23)17-22-18-26(21-8-2-1-3-9-21)29(27(22)30)25-12-6-10-20-7-4-5-11-24(20)25/h1-18H. The van der Waals surface area contributed by atoms with Gasteiger partial charge in [0.1, 0.15) is 0 Å². The Balaban J connectivity index is 1.68. The average molecular weight is 452 g/mol. The summed E-state index contributed by atoms with van der Waals surface area (Å²) in [6, 6.07) is 32.3. The number of carbonyl (C=O) groups is 1. The van der Waals surface area contributed by atoms with Crippen LogP contribution in [0.2, 0.25) is 0 Å². The van der Waals surface area contributed by atoms with Crippen molar-refractivity contribution in [2.45, 2.75) is 0 Å². The summed E-state index contributed by atoms with van der Waals surface area (Å²) in [6.45, 7) is 0. The van der Waals surface area contributed by atoms with E-state index >= 15 is 0 Å². The smallest absolute Gasteiger partial charge is 0.262 e. The predicted molar refractivity (Wildman–Crippen MR) is 128 cm³/mol. The molecule has 2 nitrogen and oxygen atoms in total. The molecule has 0 bridgehead atoms. The van der Waals surface area contributed by atoms with E-state index < -0.39 is 0 Å². The van der Waals surface area contributed by atoms with Gasteiger partial charge in [0, 0.05) is 15.4 Å². The summed E-state index contributed by atoms with van der Waals surface area (Å²) in [5, 5.41) is 2.17. The van der Waals surface area contributed by atoms with Crippen molar-refractivity contribution in [3.63, 3.8) is 0 Å². The topological polar surface area (TPSA) is 20.3 Å². The molecule has 144 valence electrons. The molecule has 0 radical (unpaired) electrons. The Morgan fingerprint density at radius 3 is 2.23 bits per heavy atom. The van der Waals surface area contributed by atoms with Crippen molar-refractivity contribution in [3.8, 4) is 0 Å². The lowest BCUT2D eigenvalue weighted by Crippen LogP contribution is -2.25. The van der Waals surface area contributed by atoms with E-state index in [-0.39, 0.29) is 5.91 Å². The molecule has 0 N–H and O–H groups in total. The highest BCUT2D eigenvalue weighted by atomic mass is 79.9. The number of hydrogen-bond donors (Lipinski definition) is 0. The van der Waals surface area contributed by atoms with Crippen LogP contribution in [0, 0.1) is 0 Å². The summed E-state index contributed by atoms with van der Waals surface area (Å²) in [5.74, 6) is -0.0203. The van der Waals surface area contributed by atoms with Gasteiger partial charge < -0.3 is 0 Å². The van der Waals surface area contributed by atoms with Crippen LogP contribution in [-0.2, 0) is 4.79 Å². The van der Waals surface area contributed by atoms with Crippen molar-refractivity contribution in [2.75, 3.05) is 4.90 Å². The molecule has 0 spiro atoms. The van der Waals surface area contributed by atoms with Crippen molar-refractivity contribution in [1.82, 2.24) is 0 Å². The summed E-state index contributed by atoms with van der Waals surface area (Å²) in [7, 11) is 0. The Labute approximate surface area is 183 Å². The van der Waals surface area contributed by atoms with E-state index in [1.165, 1.54) is 0 Å². The highest BCUT2D eigenvalue weighted by Gasteiger charge is 2.31. The SMILES string of the molecule is O=C1C(=Cc2ccc(Br)cc2)C=C(c2ccccc2)N1c1cccc2ccccc12. The number of hydrogen-bond acceptors (Lipinski definition) is 1. The maximum Gasteiger partial charge on any atom is 0.262 e. The van der Waals surface area contributed by atoms with Gasteiger partial charge in [0.2, 0.25) is 0 Å². The third kappa shape index (κ3) is 3.38. The zero-order chi connectivity index (χ0) is 20.5. The molecule has 4 aromatic carbocycles. The van der Waals surface area contributed by atoms with Crippen LogP contribution in [0.25, 0.3) is 22.5 Å². The van der Waals surface area contributed by atoms with Crippen molar-refractivity contribution in [2.24, 2.45) is 0 Å². The van der Waals surface area contributed by atoms with E-state index in [2.05, 4.69) is 34.1 Å². The molecule has 1 amide bonds. The second kappa shape index (κ2) is 7.77. The predicted octanol–water partition coefficient (Wildman–Crippen LogP) is 7.07. The first-order chi connectivity index (χ1) is 14.7. The molecule has 0 atom stereocenters. The second-order valence-corrected chi connectivity index (χ2v) is 8.10. The molecule has 1 aliphatic heterocycles. The molecule has 4 aromatic rings. The Hall–Kier alpha value is -3.43. The van der Waals surface area contributed by atoms with E-state index in [1.54, 1.807) is 0 Å². The first kappa shape index (κ1) is 18.6. The molecule has 1 heterocycles. The van der Waals surface area contributed by atoms with E-state index in [1.807, 2.05) is 95.9 Å². The molecule has 0 fully saturated rings. The van der Waals surface area contributed by atoms with Crippen molar-refractivity contribution in [3.05, 3.63) is 124 Å². The summed E-state index contributed by atoms with van der Waals surface area (Å²) in [4.78, 5) is 15.4. The van der Waals surface area contributed by atoms with Gasteiger partial charge in [0.25, 0.3) is 5.91 Å². The number of benzene rings is 4. The molecule has 0 aliphatic carbocycles. The van der Waals surface area contributed by atoms with Crippen LogP contribution in [0.4, 0.5) is 5.69 Å². The third-order valence-electron chi connectivity index (χ3n) is 5.25. The number of amides is 1. The van der Waals surface area contributed by atoms with Crippen LogP contribution in [0.15, 0.2) is 113 Å². The summed E-state index contributed by atoms with van der Waals surface area (Å²) in [6.07, 6.45) is 3.93. The van der Waals surface area contributed by atoms with E-state index in [0.29, 0.717) is 5.57 Å². The lowest BCUT2D eigenvalue weighted by Gasteiger charge is -2.22. The highest BCUT2D eigenvalue weighted by Crippen LogP contribution is 2.38. The molecule has 0 aromatic heterocycles.